The average molecular weight is 412 g/mol. The zero-order chi connectivity index (χ0) is 19.7. The standard InChI is InChI=1S/C19H14ClN5O2S/c20-11-6-7-13-10(8-11)9-14(23-13)17(27)25-18-15(16(21)26)24-19(28-18)22-12-4-2-1-3-5-12/h1-9,23H,(H2,21,26)(H,22,24)(H,25,27). The summed E-state index contributed by atoms with van der Waals surface area (Å²) in [6, 6.07) is 16.3. The maximum atomic E-state index is 12.6. The van der Waals surface area contributed by atoms with Gasteiger partial charge in [-0.25, -0.2) is 4.98 Å². The van der Waals surface area contributed by atoms with Crippen LogP contribution >= 0.6 is 22.9 Å². The summed E-state index contributed by atoms with van der Waals surface area (Å²) in [5, 5.41) is 7.89. The Hall–Kier alpha value is -3.36. The van der Waals surface area contributed by atoms with E-state index in [-0.39, 0.29) is 10.7 Å². The molecule has 2 aromatic carbocycles. The van der Waals surface area contributed by atoms with Crippen molar-refractivity contribution < 1.29 is 9.59 Å². The fourth-order valence-corrected chi connectivity index (χ4v) is 3.73. The van der Waals surface area contributed by atoms with Gasteiger partial charge in [0.15, 0.2) is 10.8 Å². The van der Waals surface area contributed by atoms with E-state index >= 15 is 0 Å². The van der Waals surface area contributed by atoms with Gasteiger partial charge in [-0.2, -0.15) is 0 Å². The van der Waals surface area contributed by atoms with E-state index < -0.39 is 11.8 Å². The van der Waals surface area contributed by atoms with Gasteiger partial charge in [0.25, 0.3) is 11.8 Å². The third-order valence-corrected chi connectivity index (χ3v) is 5.06. The van der Waals surface area contributed by atoms with E-state index in [2.05, 4.69) is 20.6 Å². The number of H-pyrrole nitrogens is 1. The minimum Gasteiger partial charge on any atom is -0.364 e. The van der Waals surface area contributed by atoms with Gasteiger partial charge in [0.2, 0.25) is 0 Å². The summed E-state index contributed by atoms with van der Waals surface area (Å²) in [7, 11) is 0. The van der Waals surface area contributed by atoms with Crippen molar-refractivity contribution in [2.75, 3.05) is 10.6 Å². The average Bonchev–Trinajstić information content (AvgIpc) is 3.26. The number of para-hydroxylation sites is 1. The summed E-state index contributed by atoms with van der Waals surface area (Å²) in [4.78, 5) is 31.6. The predicted octanol–water partition coefficient (Wildman–Crippen LogP) is 4.37. The number of nitrogens with zero attached hydrogens (tertiary/aromatic N) is 1. The maximum absolute atomic E-state index is 12.6. The van der Waals surface area contributed by atoms with Crippen molar-refractivity contribution >= 4 is 61.5 Å². The molecular formula is C19H14ClN5O2S. The first-order chi connectivity index (χ1) is 13.5. The summed E-state index contributed by atoms with van der Waals surface area (Å²) in [6.45, 7) is 0. The molecule has 0 fully saturated rings. The summed E-state index contributed by atoms with van der Waals surface area (Å²) < 4.78 is 0. The molecule has 0 aliphatic heterocycles. The first kappa shape index (κ1) is 18.0. The number of thiazole rings is 1. The lowest BCUT2D eigenvalue weighted by molar-refractivity contribution is 0.0997. The van der Waals surface area contributed by atoms with Crippen LogP contribution in [0, 0.1) is 0 Å². The second kappa shape index (κ2) is 7.34. The van der Waals surface area contributed by atoms with Gasteiger partial charge in [0.05, 0.1) is 0 Å². The summed E-state index contributed by atoms with van der Waals surface area (Å²) in [5.74, 6) is -1.14. The number of nitrogens with one attached hydrogen (secondary N) is 3. The molecule has 0 aliphatic rings. The van der Waals surface area contributed by atoms with Crippen LogP contribution in [0.3, 0.4) is 0 Å². The van der Waals surface area contributed by atoms with E-state index in [1.54, 1.807) is 24.3 Å². The lowest BCUT2D eigenvalue weighted by Gasteiger charge is -2.01. The number of rotatable bonds is 5. The second-order valence-corrected chi connectivity index (χ2v) is 7.36. The van der Waals surface area contributed by atoms with Gasteiger partial charge >= 0.3 is 0 Å². The fraction of sp³-hybridized carbons (Fsp3) is 0. The molecule has 2 amide bonds. The number of primary amides is 1. The number of nitrogens with two attached hydrogens (primary N) is 1. The molecule has 0 unspecified atom stereocenters. The van der Waals surface area contributed by atoms with Crippen LogP contribution in [0.4, 0.5) is 15.8 Å². The van der Waals surface area contributed by atoms with Gasteiger partial charge < -0.3 is 21.4 Å². The fourth-order valence-electron chi connectivity index (χ4n) is 2.67. The lowest BCUT2D eigenvalue weighted by Crippen LogP contribution is -2.17. The number of anilines is 3. The molecule has 9 heteroatoms. The molecule has 140 valence electrons. The van der Waals surface area contributed by atoms with E-state index in [4.69, 9.17) is 17.3 Å². The number of halogens is 1. The van der Waals surface area contributed by atoms with Gasteiger partial charge in [0.1, 0.15) is 10.7 Å². The van der Waals surface area contributed by atoms with E-state index in [1.807, 2.05) is 30.3 Å². The van der Waals surface area contributed by atoms with Gasteiger partial charge in [-0.15, -0.1) is 0 Å². The number of amides is 2. The molecule has 0 aliphatic carbocycles. The summed E-state index contributed by atoms with van der Waals surface area (Å²) >= 11 is 7.11. The predicted molar refractivity (Wildman–Crippen MR) is 112 cm³/mol. The molecule has 7 nitrogen and oxygen atoms in total. The quantitative estimate of drug-likeness (QED) is 0.390. The van der Waals surface area contributed by atoms with Crippen molar-refractivity contribution in [2.24, 2.45) is 5.73 Å². The van der Waals surface area contributed by atoms with Crippen molar-refractivity contribution in [3.8, 4) is 0 Å². The molecule has 0 saturated carbocycles. The minimum atomic E-state index is -0.726. The Morgan fingerprint density at radius 2 is 1.89 bits per heavy atom. The molecular weight excluding hydrogens is 398 g/mol. The molecule has 28 heavy (non-hydrogen) atoms. The van der Waals surface area contributed by atoms with Crippen LogP contribution in [-0.2, 0) is 0 Å². The van der Waals surface area contributed by atoms with Crippen LogP contribution in [-0.4, -0.2) is 21.8 Å². The number of carbonyl (C=O) groups excluding carboxylic acids is 2. The van der Waals surface area contributed by atoms with Crippen LogP contribution in [0.2, 0.25) is 5.02 Å². The first-order valence-electron chi connectivity index (χ1n) is 8.22. The highest BCUT2D eigenvalue weighted by molar-refractivity contribution is 7.20. The number of aromatic nitrogens is 2. The van der Waals surface area contributed by atoms with Gasteiger partial charge in [-0.05, 0) is 36.4 Å². The van der Waals surface area contributed by atoms with Crippen LogP contribution < -0.4 is 16.4 Å². The van der Waals surface area contributed by atoms with Gasteiger partial charge in [0, 0.05) is 21.6 Å². The van der Waals surface area contributed by atoms with Crippen LogP contribution in [0.1, 0.15) is 21.0 Å². The third kappa shape index (κ3) is 3.68. The van der Waals surface area contributed by atoms with Crippen molar-refractivity contribution in [3.05, 3.63) is 71.0 Å². The SMILES string of the molecule is NC(=O)c1nc(Nc2ccccc2)sc1NC(=O)c1cc2cc(Cl)ccc2[nH]1. The molecule has 0 bridgehead atoms. The van der Waals surface area contributed by atoms with Crippen molar-refractivity contribution in [1.82, 2.24) is 9.97 Å². The Morgan fingerprint density at radius 1 is 1.11 bits per heavy atom. The summed E-state index contributed by atoms with van der Waals surface area (Å²) in [5.41, 5.74) is 7.33. The number of fused-ring (bicyclic) bond motifs is 1. The Bertz CT molecular complexity index is 1190. The number of benzene rings is 2. The number of carbonyl (C=O) groups is 2. The molecule has 2 aromatic heterocycles. The normalized spacial score (nSPS) is 10.8. The van der Waals surface area contributed by atoms with Crippen molar-refractivity contribution in [3.63, 3.8) is 0 Å². The minimum absolute atomic E-state index is 0.00376. The largest absolute Gasteiger partial charge is 0.364 e. The number of hydrogen-bond acceptors (Lipinski definition) is 5. The van der Waals surface area contributed by atoms with E-state index in [1.165, 1.54) is 0 Å². The van der Waals surface area contributed by atoms with Crippen LogP contribution in [0.15, 0.2) is 54.6 Å². The lowest BCUT2D eigenvalue weighted by atomic mass is 10.2. The maximum Gasteiger partial charge on any atom is 0.272 e. The Labute approximate surface area is 168 Å². The Morgan fingerprint density at radius 3 is 2.64 bits per heavy atom. The molecule has 0 saturated heterocycles. The zero-order valence-electron chi connectivity index (χ0n) is 14.3. The monoisotopic (exact) mass is 411 g/mol. The molecule has 4 aromatic rings. The Kier molecular flexibility index (Phi) is 4.72. The highest BCUT2D eigenvalue weighted by Crippen LogP contribution is 2.31. The highest BCUT2D eigenvalue weighted by Gasteiger charge is 2.20. The van der Waals surface area contributed by atoms with Crippen molar-refractivity contribution in [2.45, 2.75) is 0 Å². The van der Waals surface area contributed by atoms with E-state index in [0.29, 0.717) is 15.8 Å². The topological polar surface area (TPSA) is 113 Å². The van der Waals surface area contributed by atoms with Gasteiger partial charge in [-0.3, -0.25) is 9.59 Å². The molecule has 5 N–H and O–H groups in total. The zero-order valence-corrected chi connectivity index (χ0v) is 15.9. The molecule has 0 radical (unpaired) electrons. The highest BCUT2D eigenvalue weighted by atomic mass is 35.5. The number of aromatic amines is 1. The third-order valence-electron chi connectivity index (χ3n) is 3.94. The van der Waals surface area contributed by atoms with Crippen LogP contribution in [0.25, 0.3) is 10.9 Å². The van der Waals surface area contributed by atoms with Crippen molar-refractivity contribution in [1.29, 1.82) is 0 Å². The first-order valence-corrected chi connectivity index (χ1v) is 9.41. The van der Waals surface area contributed by atoms with E-state index in [9.17, 15) is 9.59 Å². The van der Waals surface area contributed by atoms with Crippen LogP contribution in [0.5, 0.6) is 0 Å². The second-order valence-electron chi connectivity index (χ2n) is 5.92. The molecule has 0 spiro atoms. The molecule has 2 heterocycles. The molecule has 4 rings (SSSR count). The Balaban J connectivity index is 1.60. The smallest absolute Gasteiger partial charge is 0.272 e. The summed E-state index contributed by atoms with van der Waals surface area (Å²) in [6.07, 6.45) is 0. The number of hydrogen-bond donors (Lipinski definition) is 4. The van der Waals surface area contributed by atoms with Gasteiger partial charge in [-0.1, -0.05) is 41.1 Å². The molecule has 0 atom stereocenters. The van der Waals surface area contributed by atoms with E-state index in [0.717, 1.165) is 27.9 Å².